The number of fused-ring (bicyclic) bond motifs is 3. The number of ketones is 2. The van der Waals surface area contributed by atoms with Crippen LogP contribution in [-0.4, -0.2) is 122 Å². The maximum absolute atomic E-state index is 13.9. The number of benzene rings is 6. The molecule has 0 saturated carbocycles. The maximum Gasteiger partial charge on any atom is 0.339 e. The lowest BCUT2D eigenvalue weighted by Crippen LogP contribution is -2.23. The Hall–Kier alpha value is -15.2. The van der Waals surface area contributed by atoms with E-state index in [4.69, 9.17) is 35.0 Å². The Bertz CT molecular complexity index is 5700. The van der Waals surface area contributed by atoms with E-state index in [2.05, 4.69) is 55.6 Å². The number of carbonyl (C=O) groups excluding carboxylic acids is 5. The van der Waals surface area contributed by atoms with Crippen LogP contribution in [-0.2, 0) is 31.9 Å². The molecule has 3 N–H and O–H groups in total. The zero-order valence-corrected chi connectivity index (χ0v) is 63.0. The Kier molecular flexibility index (Phi) is 28.2. The molecule has 564 valence electrons. The van der Waals surface area contributed by atoms with Crippen molar-refractivity contribution >= 4 is 62.6 Å². The first-order chi connectivity index (χ1) is 55.0. The summed E-state index contributed by atoms with van der Waals surface area (Å²) in [7, 11) is 8.80. The molecule has 2 atom stereocenters. The van der Waals surface area contributed by atoms with Crippen molar-refractivity contribution in [3.05, 3.63) is 312 Å². The lowest BCUT2D eigenvalue weighted by Gasteiger charge is -2.20. The predicted octanol–water partition coefficient (Wildman–Crippen LogP) is 15.9. The molecule has 0 spiro atoms. The number of Topliss-reactive ketones (excluding diaryl/α,β-unsaturated/α-hetero) is 2. The van der Waals surface area contributed by atoms with Crippen molar-refractivity contribution in [2.45, 2.75) is 38.5 Å². The number of nitrogens with two attached hydrogens (primary N) is 1. The Balaban J connectivity index is 0.000000152. The Morgan fingerprint density at radius 3 is 1.53 bits per heavy atom. The largest absolute Gasteiger partial charge is 0.481 e. The second kappa shape index (κ2) is 39.6. The fourth-order valence-electron chi connectivity index (χ4n) is 12.0. The number of aromatic amines is 1. The summed E-state index contributed by atoms with van der Waals surface area (Å²) in [6.45, 7) is 3.41. The van der Waals surface area contributed by atoms with Gasteiger partial charge in [0.2, 0.25) is 23.5 Å². The highest BCUT2D eigenvalue weighted by atomic mass is 16.5. The summed E-state index contributed by atoms with van der Waals surface area (Å²) in [5.41, 5.74) is 21.6. The summed E-state index contributed by atoms with van der Waals surface area (Å²) in [5, 5.41) is 31.3. The molecule has 15 rings (SSSR count). The number of hydrogen-bond donors (Lipinski definition) is 2. The number of ether oxygens (including phenoxy) is 6. The fraction of sp³-hybridized carbons (Fsp3) is 0.135. The zero-order valence-electron chi connectivity index (χ0n) is 63.0. The average molecular weight is 1500 g/mol. The number of nitriles is 2. The van der Waals surface area contributed by atoms with E-state index in [1.165, 1.54) is 47.8 Å². The normalized spacial score (nSPS) is 11.4. The summed E-state index contributed by atoms with van der Waals surface area (Å²) < 4.78 is 30.8. The van der Waals surface area contributed by atoms with Crippen LogP contribution >= 0.6 is 0 Å². The topological polar surface area (TPSA) is 338 Å². The van der Waals surface area contributed by atoms with E-state index < -0.39 is 23.8 Å². The number of hydrogen-bond acceptors (Lipinski definition) is 22. The van der Waals surface area contributed by atoms with Crippen molar-refractivity contribution in [1.29, 1.82) is 10.5 Å². The minimum Gasteiger partial charge on any atom is -0.481 e. The molecule has 1 aliphatic rings. The van der Waals surface area contributed by atoms with Crippen molar-refractivity contribution in [3.63, 3.8) is 0 Å². The lowest BCUT2D eigenvalue weighted by atomic mass is 9.90. The molecule has 0 aliphatic carbocycles. The maximum atomic E-state index is 13.9. The second-order valence-corrected chi connectivity index (χ2v) is 24.7. The van der Waals surface area contributed by atoms with E-state index >= 15 is 0 Å². The van der Waals surface area contributed by atoms with Crippen molar-refractivity contribution < 1.29 is 52.4 Å². The van der Waals surface area contributed by atoms with E-state index in [9.17, 15) is 29.2 Å². The van der Waals surface area contributed by atoms with Gasteiger partial charge in [0.05, 0.1) is 94.8 Å². The van der Waals surface area contributed by atoms with E-state index in [1.807, 2.05) is 171 Å². The summed E-state index contributed by atoms with van der Waals surface area (Å²) >= 11 is 0. The lowest BCUT2D eigenvalue weighted by molar-refractivity contribution is -0.145. The number of methoxy groups -OCH3 is 6. The van der Waals surface area contributed by atoms with Crippen LogP contribution in [0.3, 0.4) is 0 Å². The van der Waals surface area contributed by atoms with Crippen molar-refractivity contribution in [2.24, 2.45) is 0 Å². The molecule has 0 radical (unpaired) electrons. The number of esters is 2. The van der Waals surface area contributed by atoms with Gasteiger partial charge in [-0.3, -0.25) is 34.2 Å². The number of rotatable bonds is 17. The molecule has 1 aliphatic heterocycles. The minimum atomic E-state index is -0.861. The third kappa shape index (κ3) is 20.4. The van der Waals surface area contributed by atoms with Gasteiger partial charge in [0.1, 0.15) is 23.3 Å². The number of nitrogens with zero attached hydrogens (tertiary/aromatic N) is 11. The quantitative estimate of drug-likeness (QED) is 0.0486. The molecular formula is C89H77N13O11. The van der Waals surface area contributed by atoms with Crippen LogP contribution in [0.25, 0.3) is 72.1 Å². The molecule has 6 aromatic carbocycles. The minimum absolute atomic E-state index is 0.128. The third-order valence-electron chi connectivity index (χ3n) is 17.6. The summed E-state index contributed by atoms with van der Waals surface area (Å²) in [6.07, 6.45) is 10.9. The number of anilines is 1. The van der Waals surface area contributed by atoms with Gasteiger partial charge in [-0.25, -0.2) is 24.7 Å². The summed E-state index contributed by atoms with van der Waals surface area (Å²) in [4.78, 5) is 85.2. The van der Waals surface area contributed by atoms with Gasteiger partial charge >= 0.3 is 11.9 Å². The van der Waals surface area contributed by atoms with Crippen LogP contribution in [0.1, 0.15) is 79.1 Å². The molecule has 2 unspecified atom stereocenters. The standard InChI is InChI=1S/C29H22N4O2.C15H14N4O.C15H12N2O2.C14H13NO3.C8H9NO3.C8H7N/c1-18-15-24-27(19-7-4-3-5-8-19)28(22-11-13-25(35-2)31-17-22)32-33(24)29(34)26(18)21-10-12-23-20(16-21)9-6-14-30-23;1-20-12-8-7-11(9-17-12)14-13(15(16)19-18-14)10-5-3-2-4-6-10;1-19-14-8-7-12(10-17-14)15(18)13(9-16)11-5-3-2-4-6-11;1-9(16)13(14(17)18-2)11-5-6-12-10(8-11)4-3-7-15-12;1-11-7-4-3-6(5-9-7)8(10)12-2;9-7-6-8-4-2-1-3-5-8/h3-14,16-17H,15H2,1-2H3;2-9H,1H3,(H3,16,18,19);2-8,10,13H,1H3;3-8,13H,1-2H3;3-5H,1-2H3;1-5H,6H2. The molecular weight excluding hydrogens is 1430 g/mol. The summed E-state index contributed by atoms with van der Waals surface area (Å²) in [6, 6.07) is 75.6. The number of carbonyl (C=O) groups is 5. The van der Waals surface area contributed by atoms with Crippen molar-refractivity contribution in [3.8, 4) is 80.4 Å². The van der Waals surface area contributed by atoms with E-state index in [1.54, 1.807) is 116 Å². The van der Waals surface area contributed by atoms with Crippen LogP contribution in [0.4, 0.5) is 5.82 Å². The second-order valence-electron chi connectivity index (χ2n) is 24.7. The molecule has 0 bridgehead atoms. The number of H-pyrrole nitrogens is 1. The molecule has 9 heterocycles. The molecule has 113 heavy (non-hydrogen) atoms. The van der Waals surface area contributed by atoms with Crippen LogP contribution in [0.15, 0.2) is 273 Å². The SMILES string of the molecule is COC(=O)C(C(C)=O)c1ccc2ncccc2c1.COC(=O)c1ccc(OC)nc1.COc1ccc(-c2[nH]nc(N)c2-c2ccccc2)cn1.COc1ccc(-c2nn3c(c2-c2ccccc2)CC(C)=C(c2ccc4ncccc4c2)C3=O)cn1.COc1ccc(C(=O)C(C#N)c2ccccc2)cn1.N#CCc1ccccc1. The Morgan fingerprint density at radius 2 is 1.03 bits per heavy atom. The molecule has 24 heteroatoms. The predicted molar refractivity (Wildman–Crippen MR) is 429 cm³/mol. The van der Waals surface area contributed by atoms with Crippen molar-refractivity contribution in [2.75, 3.05) is 48.4 Å². The first-order valence-electron chi connectivity index (χ1n) is 35.1. The highest BCUT2D eigenvalue weighted by molar-refractivity contribution is 6.23. The molecule has 8 aromatic heterocycles. The van der Waals surface area contributed by atoms with Gasteiger partial charge in [0.15, 0.2) is 11.6 Å². The number of aromatic nitrogens is 10. The number of pyridine rings is 6. The van der Waals surface area contributed by atoms with E-state index in [-0.39, 0.29) is 17.5 Å². The molecule has 24 nitrogen and oxygen atoms in total. The van der Waals surface area contributed by atoms with Gasteiger partial charge in [-0.05, 0) is 108 Å². The number of allylic oxidation sites excluding steroid dienone is 2. The molecule has 0 amide bonds. The monoisotopic (exact) mass is 1500 g/mol. The van der Waals surface area contributed by atoms with Crippen LogP contribution in [0.5, 0.6) is 23.5 Å². The van der Waals surface area contributed by atoms with Gasteiger partial charge < -0.3 is 34.2 Å². The highest BCUT2D eigenvalue weighted by Gasteiger charge is 2.32. The zero-order chi connectivity index (χ0) is 80.2. The van der Waals surface area contributed by atoms with Gasteiger partial charge in [0, 0.05) is 106 Å². The average Bonchev–Trinajstić information content (AvgIpc) is 1.60. The van der Waals surface area contributed by atoms with Gasteiger partial charge in [-0.2, -0.15) is 25.4 Å². The number of nitrogen functional groups attached to an aromatic ring is 1. The van der Waals surface area contributed by atoms with Gasteiger partial charge in [-0.1, -0.05) is 151 Å². The highest BCUT2D eigenvalue weighted by Crippen LogP contribution is 2.41. The Labute approximate surface area is 651 Å². The van der Waals surface area contributed by atoms with Crippen LogP contribution < -0.4 is 24.7 Å². The third-order valence-corrected chi connectivity index (χ3v) is 17.6. The van der Waals surface area contributed by atoms with Crippen LogP contribution in [0.2, 0.25) is 0 Å². The molecule has 14 aromatic rings. The molecule has 0 saturated heterocycles. The van der Waals surface area contributed by atoms with Crippen molar-refractivity contribution in [1.82, 2.24) is 49.9 Å². The van der Waals surface area contributed by atoms with E-state index in [0.717, 1.165) is 89.0 Å². The van der Waals surface area contributed by atoms with Gasteiger partial charge in [-0.15, -0.1) is 0 Å². The number of nitrogens with one attached hydrogen (secondary N) is 1. The fourth-order valence-corrected chi connectivity index (χ4v) is 12.0. The van der Waals surface area contributed by atoms with Gasteiger partial charge in [0.25, 0.3) is 5.91 Å². The van der Waals surface area contributed by atoms with Crippen LogP contribution in [0, 0.1) is 22.7 Å². The smallest absolute Gasteiger partial charge is 0.339 e. The first-order valence-corrected chi connectivity index (χ1v) is 35.1. The molecule has 0 fully saturated rings. The van der Waals surface area contributed by atoms with E-state index in [0.29, 0.717) is 70.0 Å². The first kappa shape index (κ1) is 80.4. The Morgan fingerprint density at radius 1 is 0.522 bits per heavy atom. The summed E-state index contributed by atoms with van der Waals surface area (Å²) in [5.74, 6) is -0.740.